The molecular weight excluding hydrogens is 246 g/mol. The van der Waals surface area contributed by atoms with Crippen molar-refractivity contribution < 1.29 is 9.74 Å². The van der Waals surface area contributed by atoms with Crippen LogP contribution in [0, 0.1) is 6.92 Å². The van der Waals surface area contributed by atoms with Crippen LogP contribution in [-0.4, -0.2) is 20.0 Å². The molecule has 0 saturated carbocycles. The van der Waals surface area contributed by atoms with Crippen molar-refractivity contribution >= 4 is 11.2 Å². The first kappa shape index (κ1) is 11.5. The van der Waals surface area contributed by atoms with Crippen molar-refractivity contribution in [3.63, 3.8) is 0 Å². The molecule has 2 heterocycles. The van der Waals surface area contributed by atoms with Crippen LogP contribution >= 0.6 is 0 Å². The molecular formula is C13H11N3O3. The number of hydrogen-bond acceptors (Lipinski definition) is 5. The van der Waals surface area contributed by atoms with Gasteiger partial charge in [-0.2, -0.15) is 0 Å². The number of aromatic nitrogens is 3. The smallest absolute Gasteiger partial charge is 0.263 e. The van der Waals surface area contributed by atoms with E-state index in [1.54, 1.807) is 13.1 Å². The number of aryl methyl sites for hydroxylation is 2. The normalized spacial score (nSPS) is 11.1. The van der Waals surface area contributed by atoms with Gasteiger partial charge in [0.2, 0.25) is 5.65 Å². The number of benzene rings is 1. The molecule has 0 fully saturated rings. The summed E-state index contributed by atoms with van der Waals surface area (Å²) >= 11 is 0. The van der Waals surface area contributed by atoms with E-state index in [1.807, 2.05) is 25.1 Å². The Labute approximate surface area is 107 Å². The monoisotopic (exact) mass is 257 g/mol. The molecule has 1 N–H and O–H groups in total. The summed E-state index contributed by atoms with van der Waals surface area (Å²) in [6.45, 7) is 1.87. The van der Waals surface area contributed by atoms with Crippen molar-refractivity contribution in [1.29, 1.82) is 0 Å². The molecule has 96 valence electrons. The van der Waals surface area contributed by atoms with Gasteiger partial charge in [0.05, 0.1) is 5.56 Å². The molecule has 19 heavy (non-hydrogen) atoms. The van der Waals surface area contributed by atoms with Crippen LogP contribution in [0.3, 0.4) is 0 Å². The van der Waals surface area contributed by atoms with Gasteiger partial charge in [0.15, 0.2) is 11.3 Å². The third-order valence-electron chi connectivity index (χ3n) is 3.18. The van der Waals surface area contributed by atoms with Gasteiger partial charge in [0.25, 0.3) is 5.56 Å². The second-order valence-corrected chi connectivity index (χ2v) is 4.34. The number of nitrogens with zero attached hydrogens (tertiary/aromatic N) is 3. The fourth-order valence-electron chi connectivity index (χ4n) is 2.13. The zero-order valence-electron chi connectivity index (χ0n) is 10.4. The highest BCUT2D eigenvalue weighted by atomic mass is 16.6. The standard InChI is InChI=1S/C13H11N3O3/c1-7-5-3-4-6-8(7)9-11(17)10-12(15-19-14-10)16(2)13(9)18/h3-6,17H,1-2H3. The Morgan fingerprint density at radius 2 is 2.00 bits per heavy atom. The summed E-state index contributed by atoms with van der Waals surface area (Å²) in [5.74, 6) is -0.200. The predicted molar refractivity (Wildman–Crippen MR) is 68.9 cm³/mol. The fourth-order valence-corrected chi connectivity index (χ4v) is 2.13. The number of aromatic hydroxyl groups is 1. The van der Waals surface area contributed by atoms with E-state index in [-0.39, 0.29) is 28.0 Å². The Balaban J connectivity index is 2.49. The van der Waals surface area contributed by atoms with Gasteiger partial charge in [-0.25, -0.2) is 4.63 Å². The van der Waals surface area contributed by atoms with Crippen molar-refractivity contribution in [1.82, 2.24) is 14.9 Å². The summed E-state index contributed by atoms with van der Waals surface area (Å²) in [5, 5.41) is 17.5. The molecule has 0 radical (unpaired) electrons. The van der Waals surface area contributed by atoms with Gasteiger partial charge in [0, 0.05) is 7.05 Å². The van der Waals surface area contributed by atoms with Crippen LogP contribution in [0.15, 0.2) is 33.7 Å². The van der Waals surface area contributed by atoms with Crippen LogP contribution in [0.2, 0.25) is 0 Å². The van der Waals surface area contributed by atoms with E-state index >= 15 is 0 Å². The van der Waals surface area contributed by atoms with Gasteiger partial charge >= 0.3 is 0 Å². The minimum Gasteiger partial charge on any atom is -0.505 e. The molecule has 1 aromatic carbocycles. The number of pyridine rings is 1. The third kappa shape index (κ3) is 1.53. The van der Waals surface area contributed by atoms with E-state index < -0.39 is 0 Å². The van der Waals surface area contributed by atoms with Crippen LogP contribution in [0.4, 0.5) is 0 Å². The highest BCUT2D eigenvalue weighted by Gasteiger charge is 2.20. The van der Waals surface area contributed by atoms with Crippen LogP contribution < -0.4 is 5.56 Å². The van der Waals surface area contributed by atoms with Crippen LogP contribution in [0.5, 0.6) is 5.75 Å². The van der Waals surface area contributed by atoms with E-state index in [0.29, 0.717) is 5.56 Å². The Morgan fingerprint density at radius 3 is 2.74 bits per heavy atom. The summed E-state index contributed by atoms with van der Waals surface area (Å²) in [6.07, 6.45) is 0. The largest absolute Gasteiger partial charge is 0.505 e. The molecule has 6 heteroatoms. The summed E-state index contributed by atoms with van der Waals surface area (Å²) in [5.41, 5.74) is 1.84. The molecule has 0 bridgehead atoms. The van der Waals surface area contributed by atoms with Crippen LogP contribution in [0.1, 0.15) is 5.56 Å². The second kappa shape index (κ2) is 3.94. The van der Waals surface area contributed by atoms with Gasteiger partial charge in [-0.05, 0) is 28.4 Å². The predicted octanol–water partition coefficient (Wildman–Crippen LogP) is 1.60. The van der Waals surface area contributed by atoms with Gasteiger partial charge in [0.1, 0.15) is 0 Å². The van der Waals surface area contributed by atoms with Crippen LogP contribution in [0.25, 0.3) is 22.3 Å². The molecule has 0 saturated heterocycles. The molecule has 0 atom stereocenters. The lowest BCUT2D eigenvalue weighted by atomic mass is 10.0. The molecule has 0 unspecified atom stereocenters. The Morgan fingerprint density at radius 1 is 1.26 bits per heavy atom. The van der Waals surface area contributed by atoms with Crippen molar-refractivity contribution in [3.05, 3.63) is 40.2 Å². The van der Waals surface area contributed by atoms with E-state index in [0.717, 1.165) is 5.56 Å². The molecule has 0 spiro atoms. The lowest BCUT2D eigenvalue weighted by Gasteiger charge is -2.09. The highest BCUT2D eigenvalue weighted by molar-refractivity contribution is 5.87. The highest BCUT2D eigenvalue weighted by Crippen LogP contribution is 2.32. The number of rotatable bonds is 1. The third-order valence-corrected chi connectivity index (χ3v) is 3.18. The van der Waals surface area contributed by atoms with E-state index in [2.05, 4.69) is 14.9 Å². The number of hydrogen-bond donors (Lipinski definition) is 1. The molecule has 0 aliphatic carbocycles. The SMILES string of the molecule is Cc1ccccc1-c1c(O)c2nonc2n(C)c1=O. The maximum atomic E-state index is 12.3. The molecule has 0 aliphatic heterocycles. The average molecular weight is 257 g/mol. The minimum absolute atomic E-state index is 0.181. The molecule has 0 amide bonds. The zero-order chi connectivity index (χ0) is 13.6. The van der Waals surface area contributed by atoms with E-state index in [4.69, 9.17) is 0 Å². The number of fused-ring (bicyclic) bond motifs is 1. The van der Waals surface area contributed by atoms with Crippen molar-refractivity contribution in [2.45, 2.75) is 6.92 Å². The average Bonchev–Trinajstić information content (AvgIpc) is 2.88. The van der Waals surface area contributed by atoms with Crippen LogP contribution in [-0.2, 0) is 7.05 Å². The first-order valence-electron chi connectivity index (χ1n) is 5.71. The van der Waals surface area contributed by atoms with Gasteiger partial charge in [-0.15, -0.1) is 0 Å². The summed E-state index contributed by atoms with van der Waals surface area (Å²) in [4.78, 5) is 12.3. The van der Waals surface area contributed by atoms with Crippen molar-refractivity contribution in [2.75, 3.05) is 0 Å². The Kier molecular flexibility index (Phi) is 2.38. The second-order valence-electron chi connectivity index (χ2n) is 4.34. The van der Waals surface area contributed by atoms with Crippen molar-refractivity contribution in [3.8, 4) is 16.9 Å². The molecule has 3 rings (SSSR count). The minimum atomic E-state index is -0.338. The maximum Gasteiger partial charge on any atom is 0.263 e. The van der Waals surface area contributed by atoms with Gasteiger partial charge < -0.3 is 5.11 Å². The molecule has 6 nitrogen and oxygen atoms in total. The Bertz CT molecular complexity index is 833. The topological polar surface area (TPSA) is 81.2 Å². The van der Waals surface area contributed by atoms with Crippen molar-refractivity contribution in [2.24, 2.45) is 7.05 Å². The Hall–Kier alpha value is -2.63. The summed E-state index contributed by atoms with van der Waals surface area (Å²) < 4.78 is 5.90. The van der Waals surface area contributed by atoms with E-state index in [1.165, 1.54) is 4.57 Å². The summed E-state index contributed by atoms with van der Waals surface area (Å²) in [7, 11) is 1.57. The molecule has 3 aromatic rings. The zero-order valence-corrected chi connectivity index (χ0v) is 10.4. The molecule has 0 aliphatic rings. The van der Waals surface area contributed by atoms with Gasteiger partial charge in [-0.3, -0.25) is 9.36 Å². The quantitative estimate of drug-likeness (QED) is 0.716. The lowest BCUT2D eigenvalue weighted by molar-refractivity contribution is 0.313. The summed E-state index contributed by atoms with van der Waals surface area (Å²) in [6, 6.07) is 7.34. The first-order chi connectivity index (χ1) is 9.11. The fraction of sp³-hybridized carbons (Fsp3) is 0.154. The first-order valence-corrected chi connectivity index (χ1v) is 5.71. The maximum absolute atomic E-state index is 12.3. The lowest BCUT2D eigenvalue weighted by Crippen LogP contribution is -2.19. The van der Waals surface area contributed by atoms with E-state index in [9.17, 15) is 9.90 Å². The van der Waals surface area contributed by atoms with Gasteiger partial charge in [-0.1, -0.05) is 24.3 Å². The molecule has 2 aromatic heterocycles.